The summed E-state index contributed by atoms with van der Waals surface area (Å²) in [6, 6.07) is 12.4. The lowest BCUT2D eigenvalue weighted by Gasteiger charge is -2.10. The number of aryl methyl sites for hydroxylation is 1. The monoisotopic (exact) mass is 319 g/mol. The maximum atomic E-state index is 11.9. The summed E-state index contributed by atoms with van der Waals surface area (Å²) < 4.78 is 0.877. The van der Waals surface area contributed by atoms with Gasteiger partial charge in [-0.1, -0.05) is 12.1 Å². The Morgan fingerprint density at radius 3 is 2.47 bits per heavy atom. The Morgan fingerprint density at radius 2 is 1.79 bits per heavy atom. The number of carbonyl (C=O) groups is 1. The molecule has 19 heavy (non-hydrogen) atoms. The number of carbonyl (C=O) groups excluding carboxylic acids is 1. The zero-order valence-corrected chi connectivity index (χ0v) is 12.0. The van der Waals surface area contributed by atoms with Crippen LogP contribution in [0.3, 0.4) is 0 Å². The van der Waals surface area contributed by atoms with Crippen LogP contribution < -0.4 is 16.4 Å². The fraction of sp³-hybridized carbons (Fsp3) is 0.0714. The summed E-state index contributed by atoms with van der Waals surface area (Å²) in [4.78, 5) is 11.9. The molecule has 0 saturated heterocycles. The van der Waals surface area contributed by atoms with E-state index < -0.39 is 0 Å². The van der Waals surface area contributed by atoms with E-state index in [1.807, 2.05) is 25.1 Å². The molecule has 4 nitrogen and oxygen atoms in total. The van der Waals surface area contributed by atoms with Crippen LogP contribution in [0.25, 0.3) is 0 Å². The summed E-state index contributed by atoms with van der Waals surface area (Å²) in [5.41, 5.74) is 8.72. The van der Waals surface area contributed by atoms with Gasteiger partial charge < -0.3 is 16.4 Å². The predicted octanol–water partition coefficient (Wildman–Crippen LogP) is 3.98. The number of nitrogens with two attached hydrogens (primary N) is 1. The van der Waals surface area contributed by atoms with Gasteiger partial charge in [-0.2, -0.15) is 0 Å². The standard InChI is InChI=1S/C14H14BrN3O/c1-9-3-2-4-12(13(9)15)18-14(19)17-11-7-5-10(16)6-8-11/h2-8H,16H2,1H3,(H2,17,18,19). The number of nitrogens with one attached hydrogen (secondary N) is 2. The van der Waals surface area contributed by atoms with Crippen LogP contribution in [0.15, 0.2) is 46.9 Å². The second-order valence-electron chi connectivity index (χ2n) is 4.14. The first-order chi connectivity index (χ1) is 9.06. The normalized spacial score (nSPS) is 10.0. The maximum absolute atomic E-state index is 11.9. The van der Waals surface area contributed by atoms with Crippen molar-refractivity contribution >= 4 is 39.0 Å². The molecule has 0 atom stereocenters. The molecule has 2 aromatic rings. The van der Waals surface area contributed by atoms with Crippen molar-refractivity contribution in [2.24, 2.45) is 0 Å². The zero-order chi connectivity index (χ0) is 13.8. The van der Waals surface area contributed by atoms with E-state index in [4.69, 9.17) is 5.73 Å². The van der Waals surface area contributed by atoms with Crippen molar-refractivity contribution in [3.63, 3.8) is 0 Å². The van der Waals surface area contributed by atoms with Crippen LogP contribution in [0.1, 0.15) is 5.56 Å². The first kappa shape index (κ1) is 13.4. The second kappa shape index (κ2) is 5.75. The average molecular weight is 320 g/mol. The summed E-state index contributed by atoms with van der Waals surface area (Å²) in [7, 11) is 0. The predicted molar refractivity (Wildman–Crippen MR) is 82.4 cm³/mol. The number of benzene rings is 2. The first-order valence-electron chi connectivity index (χ1n) is 5.75. The van der Waals surface area contributed by atoms with Crippen molar-refractivity contribution in [3.05, 3.63) is 52.5 Å². The minimum atomic E-state index is -0.295. The third kappa shape index (κ3) is 3.48. The highest BCUT2D eigenvalue weighted by Gasteiger charge is 2.06. The minimum absolute atomic E-state index is 0.295. The molecule has 98 valence electrons. The molecule has 0 unspecified atom stereocenters. The quantitative estimate of drug-likeness (QED) is 0.733. The van der Waals surface area contributed by atoms with Gasteiger partial charge >= 0.3 is 6.03 Å². The van der Waals surface area contributed by atoms with Crippen molar-refractivity contribution in [2.45, 2.75) is 6.92 Å². The molecule has 0 bridgehead atoms. The Balaban J connectivity index is 2.05. The van der Waals surface area contributed by atoms with Gasteiger partial charge in [0.25, 0.3) is 0 Å². The highest BCUT2D eigenvalue weighted by Crippen LogP contribution is 2.25. The van der Waals surface area contributed by atoms with E-state index in [0.29, 0.717) is 11.4 Å². The largest absolute Gasteiger partial charge is 0.399 e. The molecule has 0 heterocycles. The molecule has 0 spiro atoms. The number of hydrogen-bond acceptors (Lipinski definition) is 2. The van der Waals surface area contributed by atoms with E-state index in [0.717, 1.165) is 15.7 Å². The maximum Gasteiger partial charge on any atom is 0.323 e. The Bertz CT molecular complexity index is 596. The van der Waals surface area contributed by atoms with Gasteiger partial charge in [0.2, 0.25) is 0 Å². The molecule has 0 aliphatic heterocycles. The fourth-order valence-electron chi connectivity index (χ4n) is 1.60. The van der Waals surface area contributed by atoms with Gasteiger partial charge in [0.15, 0.2) is 0 Å². The zero-order valence-electron chi connectivity index (χ0n) is 10.4. The summed E-state index contributed by atoms with van der Waals surface area (Å²) in [6.45, 7) is 1.97. The van der Waals surface area contributed by atoms with E-state index in [1.54, 1.807) is 24.3 Å². The molecule has 2 amide bonds. The van der Waals surface area contributed by atoms with Gasteiger partial charge in [-0.3, -0.25) is 0 Å². The molecule has 5 heteroatoms. The molecule has 0 radical (unpaired) electrons. The van der Waals surface area contributed by atoms with E-state index in [1.165, 1.54) is 0 Å². The van der Waals surface area contributed by atoms with Crippen molar-refractivity contribution in [3.8, 4) is 0 Å². The number of amides is 2. The molecular formula is C14H14BrN3O. The Morgan fingerprint density at radius 1 is 1.11 bits per heavy atom. The second-order valence-corrected chi connectivity index (χ2v) is 4.93. The van der Waals surface area contributed by atoms with E-state index >= 15 is 0 Å². The summed E-state index contributed by atoms with van der Waals surface area (Å²) in [5, 5.41) is 5.52. The lowest BCUT2D eigenvalue weighted by molar-refractivity contribution is 0.262. The van der Waals surface area contributed by atoms with Gasteiger partial charge in [0, 0.05) is 15.8 Å². The van der Waals surface area contributed by atoms with Crippen molar-refractivity contribution in [1.29, 1.82) is 0 Å². The summed E-state index contributed by atoms with van der Waals surface area (Å²) in [5.74, 6) is 0. The van der Waals surface area contributed by atoms with Gasteiger partial charge in [-0.25, -0.2) is 4.79 Å². The van der Waals surface area contributed by atoms with Gasteiger partial charge in [-0.15, -0.1) is 0 Å². The van der Waals surface area contributed by atoms with Crippen molar-refractivity contribution in [2.75, 3.05) is 16.4 Å². The number of rotatable bonds is 2. The van der Waals surface area contributed by atoms with Crippen molar-refractivity contribution in [1.82, 2.24) is 0 Å². The summed E-state index contributed by atoms with van der Waals surface area (Å²) in [6.07, 6.45) is 0. The third-order valence-electron chi connectivity index (χ3n) is 2.61. The SMILES string of the molecule is Cc1cccc(NC(=O)Nc2ccc(N)cc2)c1Br. The number of urea groups is 1. The molecule has 0 aliphatic carbocycles. The van der Waals surface area contributed by atoms with E-state index in [2.05, 4.69) is 26.6 Å². The van der Waals surface area contributed by atoms with Gasteiger partial charge in [-0.05, 0) is 58.7 Å². The van der Waals surface area contributed by atoms with Gasteiger partial charge in [0.05, 0.1) is 5.69 Å². The summed E-state index contributed by atoms with van der Waals surface area (Å²) >= 11 is 3.44. The average Bonchev–Trinajstić information content (AvgIpc) is 2.38. The topological polar surface area (TPSA) is 67.2 Å². The molecule has 2 aromatic carbocycles. The molecule has 0 saturated carbocycles. The minimum Gasteiger partial charge on any atom is -0.399 e. The lowest BCUT2D eigenvalue weighted by Crippen LogP contribution is -2.19. The molecule has 2 rings (SSSR count). The lowest BCUT2D eigenvalue weighted by atomic mass is 10.2. The number of hydrogen-bond donors (Lipinski definition) is 3. The fourth-order valence-corrected chi connectivity index (χ4v) is 1.96. The molecule has 0 aromatic heterocycles. The van der Waals surface area contributed by atoms with Crippen LogP contribution in [0, 0.1) is 6.92 Å². The number of halogens is 1. The third-order valence-corrected chi connectivity index (χ3v) is 3.66. The molecule has 4 N–H and O–H groups in total. The Hall–Kier alpha value is -2.01. The highest BCUT2D eigenvalue weighted by atomic mass is 79.9. The highest BCUT2D eigenvalue weighted by molar-refractivity contribution is 9.10. The number of anilines is 3. The van der Waals surface area contributed by atoms with Crippen LogP contribution in [-0.2, 0) is 0 Å². The van der Waals surface area contributed by atoms with Crippen LogP contribution in [-0.4, -0.2) is 6.03 Å². The van der Waals surface area contributed by atoms with Crippen LogP contribution in [0.4, 0.5) is 21.9 Å². The van der Waals surface area contributed by atoms with Crippen molar-refractivity contribution < 1.29 is 4.79 Å². The Labute approximate surface area is 120 Å². The smallest absolute Gasteiger partial charge is 0.323 e. The van der Waals surface area contributed by atoms with E-state index in [9.17, 15) is 4.79 Å². The molecule has 0 fully saturated rings. The first-order valence-corrected chi connectivity index (χ1v) is 6.54. The number of nitrogen functional groups attached to an aromatic ring is 1. The molecule has 0 aliphatic rings. The van der Waals surface area contributed by atoms with Gasteiger partial charge in [0.1, 0.15) is 0 Å². The molecular weight excluding hydrogens is 306 g/mol. The Kier molecular flexibility index (Phi) is 4.06. The van der Waals surface area contributed by atoms with E-state index in [-0.39, 0.29) is 6.03 Å². The van der Waals surface area contributed by atoms with Crippen LogP contribution in [0.5, 0.6) is 0 Å². The van der Waals surface area contributed by atoms with Crippen LogP contribution >= 0.6 is 15.9 Å². The van der Waals surface area contributed by atoms with Crippen LogP contribution in [0.2, 0.25) is 0 Å².